The molecule has 1 aliphatic heterocycles. The van der Waals surface area contributed by atoms with Crippen LogP contribution in [0.1, 0.15) is 36.6 Å². The first kappa shape index (κ1) is 14.3. The summed E-state index contributed by atoms with van der Waals surface area (Å²) in [7, 11) is 0. The van der Waals surface area contributed by atoms with Gasteiger partial charge in [-0.25, -0.2) is 4.98 Å². The summed E-state index contributed by atoms with van der Waals surface area (Å²) in [4.78, 5) is 5.04. The lowest BCUT2D eigenvalue weighted by Crippen LogP contribution is -3.12. The molecule has 0 radical (unpaired) electrons. The Morgan fingerprint density at radius 3 is 2.90 bits per heavy atom. The molecule has 3 nitrogen and oxygen atoms in total. The Kier molecular flexibility index (Phi) is 3.85. The number of pyridine rings is 1. The van der Waals surface area contributed by atoms with Crippen molar-refractivity contribution in [3.05, 3.63) is 35.0 Å². The molecule has 21 heavy (non-hydrogen) atoms. The summed E-state index contributed by atoms with van der Waals surface area (Å²) >= 11 is 0. The molecular weight excluding hydrogens is 260 g/mol. The van der Waals surface area contributed by atoms with E-state index >= 15 is 0 Å². The number of hydrogen-bond acceptors (Lipinski definition) is 1. The highest BCUT2D eigenvalue weighted by Crippen LogP contribution is 2.27. The van der Waals surface area contributed by atoms with E-state index in [9.17, 15) is 5.11 Å². The van der Waals surface area contributed by atoms with E-state index in [2.05, 4.69) is 44.0 Å². The molecule has 0 spiro atoms. The molecule has 0 aliphatic carbocycles. The average molecular weight is 286 g/mol. The van der Waals surface area contributed by atoms with Gasteiger partial charge in [-0.1, -0.05) is 13.0 Å². The Hall–Kier alpha value is -1.61. The van der Waals surface area contributed by atoms with E-state index in [-0.39, 0.29) is 0 Å². The lowest BCUT2D eigenvalue weighted by molar-refractivity contribution is -0.922. The fourth-order valence-electron chi connectivity index (χ4n) is 3.60. The first-order valence-corrected chi connectivity index (χ1v) is 8.02. The van der Waals surface area contributed by atoms with Crippen LogP contribution in [0.5, 0.6) is 5.75 Å². The normalized spacial score (nSPS) is 22.6. The van der Waals surface area contributed by atoms with Crippen molar-refractivity contribution < 1.29 is 15.0 Å². The van der Waals surface area contributed by atoms with Crippen LogP contribution in [0.4, 0.5) is 0 Å². The minimum Gasteiger partial charge on any atom is -0.506 e. The summed E-state index contributed by atoms with van der Waals surface area (Å²) < 4.78 is 0. The van der Waals surface area contributed by atoms with Crippen LogP contribution in [-0.2, 0) is 6.54 Å². The smallest absolute Gasteiger partial charge is 0.214 e. The Morgan fingerprint density at radius 1 is 1.33 bits per heavy atom. The Bertz CT molecular complexity index is 666. The zero-order valence-corrected chi connectivity index (χ0v) is 13.3. The first-order chi connectivity index (χ1) is 10.0. The van der Waals surface area contributed by atoms with Gasteiger partial charge in [-0.3, -0.25) is 0 Å². The molecule has 1 saturated heterocycles. The molecule has 0 bridgehead atoms. The SMILES string of the molecule is Cc1ccc2[nH+]c(C)c(C[NH+]3CCCC(C)C3)c(O)c2c1. The lowest BCUT2D eigenvalue weighted by Gasteiger charge is -2.28. The van der Waals surface area contributed by atoms with Gasteiger partial charge in [0, 0.05) is 18.9 Å². The van der Waals surface area contributed by atoms with Gasteiger partial charge in [-0.2, -0.15) is 0 Å². The Morgan fingerprint density at radius 2 is 2.14 bits per heavy atom. The van der Waals surface area contributed by atoms with Crippen LogP contribution in [0.2, 0.25) is 0 Å². The molecule has 3 rings (SSSR count). The van der Waals surface area contributed by atoms with E-state index in [0.717, 1.165) is 34.6 Å². The highest BCUT2D eigenvalue weighted by atomic mass is 16.3. The lowest BCUT2D eigenvalue weighted by atomic mass is 9.99. The number of aryl methyl sites for hydroxylation is 2. The van der Waals surface area contributed by atoms with Gasteiger partial charge in [0.1, 0.15) is 17.9 Å². The van der Waals surface area contributed by atoms with Gasteiger partial charge in [0.25, 0.3) is 0 Å². The topological polar surface area (TPSA) is 38.8 Å². The molecule has 0 saturated carbocycles. The number of fused-ring (bicyclic) bond motifs is 1. The van der Waals surface area contributed by atoms with Gasteiger partial charge in [0.2, 0.25) is 5.52 Å². The van der Waals surface area contributed by atoms with Crippen LogP contribution in [0.3, 0.4) is 0 Å². The predicted molar refractivity (Wildman–Crippen MR) is 84.4 cm³/mol. The minimum absolute atomic E-state index is 0.468. The average Bonchev–Trinajstić information content (AvgIpc) is 2.45. The summed E-state index contributed by atoms with van der Waals surface area (Å²) in [6, 6.07) is 6.20. The second-order valence-electron chi connectivity index (χ2n) is 6.75. The largest absolute Gasteiger partial charge is 0.506 e. The standard InChI is InChI=1S/C18H24N2O/c1-12-6-7-17-15(9-12)18(21)16(14(3)19-17)11-20-8-4-5-13(2)10-20/h6-7,9,13H,4-5,8,10-11H2,1-3H3,(H,19,21)/p+2. The van der Waals surface area contributed by atoms with E-state index < -0.39 is 0 Å². The van der Waals surface area contributed by atoms with Crippen molar-refractivity contribution in [1.82, 2.24) is 0 Å². The quantitative estimate of drug-likeness (QED) is 0.868. The second kappa shape index (κ2) is 5.64. The monoisotopic (exact) mass is 286 g/mol. The third-order valence-electron chi connectivity index (χ3n) is 4.78. The molecule has 3 heteroatoms. The van der Waals surface area contributed by atoms with Crippen molar-refractivity contribution in [2.45, 2.75) is 40.2 Å². The van der Waals surface area contributed by atoms with Gasteiger partial charge in [0.15, 0.2) is 5.69 Å². The molecule has 2 heterocycles. The summed E-state index contributed by atoms with van der Waals surface area (Å²) in [5.41, 5.74) is 4.37. The molecule has 2 unspecified atom stereocenters. The van der Waals surface area contributed by atoms with Crippen molar-refractivity contribution in [3.63, 3.8) is 0 Å². The molecule has 112 valence electrons. The van der Waals surface area contributed by atoms with Crippen LogP contribution in [0.25, 0.3) is 10.9 Å². The molecular formula is C18H26N2O+2. The molecule has 3 N–H and O–H groups in total. The summed E-state index contributed by atoms with van der Waals surface area (Å²) in [6.07, 6.45) is 2.64. The van der Waals surface area contributed by atoms with Gasteiger partial charge in [0.05, 0.1) is 18.5 Å². The van der Waals surface area contributed by atoms with Crippen molar-refractivity contribution >= 4 is 10.9 Å². The number of rotatable bonds is 2. The predicted octanol–water partition coefficient (Wildman–Crippen LogP) is 1.79. The van der Waals surface area contributed by atoms with Crippen molar-refractivity contribution in [1.29, 1.82) is 0 Å². The fraction of sp³-hybridized carbons (Fsp3) is 0.500. The van der Waals surface area contributed by atoms with E-state index in [1.807, 2.05) is 0 Å². The van der Waals surface area contributed by atoms with E-state index in [1.165, 1.54) is 31.5 Å². The number of piperidine rings is 1. The Labute approximate surface area is 126 Å². The minimum atomic E-state index is 0.468. The third-order valence-corrected chi connectivity index (χ3v) is 4.78. The van der Waals surface area contributed by atoms with Gasteiger partial charge >= 0.3 is 0 Å². The number of likely N-dealkylation sites (tertiary alicyclic amines) is 1. The first-order valence-electron chi connectivity index (χ1n) is 8.02. The van der Waals surface area contributed by atoms with Crippen molar-refractivity contribution in [3.8, 4) is 5.75 Å². The highest BCUT2D eigenvalue weighted by Gasteiger charge is 2.25. The molecule has 1 aromatic heterocycles. The number of nitrogens with one attached hydrogen (secondary N) is 2. The van der Waals surface area contributed by atoms with Crippen molar-refractivity contribution in [2.75, 3.05) is 13.1 Å². The van der Waals surface area contributed by atoms with Crippen molar-refractivity contribution in [2.24, 2.45) is 5.92 Å². The number of H-pyrrole nitrogens is 1. The van der Waals surface area contributed by atoms with Gasteiger partial charge < -0.3 is 10.0 Å². The van der Waals surface area contributed by atoms with E-state index in [4.69, 9.17) is 0 Å². The van der Waals surface area contributed by atoms with Crippen LogP contribution in [0.15, 0.2) is 18.2 Å². The molecule has 2 aromatic rings. The number of quaternary nitrogens is 1. The number of aromatic hydroxyl groups is 1. The van der Waals surface area contributed by atoms with Gasteiger partial charge in [-0.15, -0.1) is 0 Å². The van der Waals surface area contributed by atoms with Crippen LogP contribution in [-0.4, -0.2) is 18.2 Å². The fourth-order valence-corrected chi connectivity index (χ4v) is 3.60. The molecule has 1 aromatic carbocycles. The zero-order valence-electron chi connectivity index (χ0n) is 13.3. The molecule has 1 fully saturated rings. The van der Waals surface area contributed by atoms with Crippen LogP contribution < -0.4 is 9.88 Å². The van der Waals surface area contributed by atoms with E-state index in [1.54, 1.807) is 4.90 Å². The second-order valence-corrected chi connectivity index (χ2v) is 6.75. The van der Waals surface area contributed by atoms with Crippen LogP contribution in [0, 0.1) is 19.8 Å². The van der Waals surface area contributed by atoms with Crippen LogP contribution >= 0.6 is 0 Å². The Balaban J connectivity index is 1.97. The zero-order chi connectivity index (χ0) is 15.0. The van der Waals surface area contributed by atoms with Gasteiger partial charge in [-0.05, 0) is 31.4 Å². The summed E-state index contributed by atoms with van der Waals surface area (Å²) in [5, 5.41) is 11.7. The van der Waals surface area contributed by atoms with E-state index in [0.29, 0.717) is 5.75 Å². The maximum atomic E-state index is 10.7. The number of aromatic nitrogens is 1. The summed E-state index contributed by atoms with van der Waals surface area (Å²) in [5.74, 6) is 1.26. The summed E-state index contributed by atoms with van der Waals surface area (Å²) in [6.45, 7) is 9.82. The molecule has 2 atom stereocenters. The highest BCUT2D eigenvalue weighted by molar-refractivity contribution is 5.84. The molecule has 0 amide bonds. The maximum absolute atomic E-state index is 10.7. The number of aromatic amines is 1. The number of benzene rings is 1. The maximum Gasteiger partial charge on any atom is 0.214 e. The molecule has 1 aliphatic rings. The number of hydrogen-bond donors (Lipinski definition) is 2. The third kappa shape index (κ3) is 2.88.